The second kappa shape index (κ2) is 9.99. The van der Waals surface area contributed by atoms with Gasteiger partial charge < -0.3 is 14.8 Å². The molecule has 1 saturated heterocycles. The zero-order valence-electron chi connectivity index (χ0n) is 19.0. The summed E-state index contributed by atoms with van der Waals surface area (Å²) in [6.45, 7) is 1.41. The van der Waals surface area contributed by atoms with Crippen LogP contribution in [0.2, 0.25) is 0 Å². The molecule has 0 aliphatic carbocycles. The minimum absolute atomic E-state index is 0.0142. The number of aromatic nitrogens is 3. The van der Waals surface area contributed by atoms with Gasteiger partial charge in [0.05, 0.1) is 25.5 Å². The van der Waals surface area contributed by atoms with E-state index in [-0.39, 0.29) is 23.5 Å². The number of fused-ring (bicyclic) bond motifs is 1. The number of rotatable bonds is 8. The molecular formula is C25H26N4O4S. The second-order valence-electron chi connectivity index (χ2n) is 8.41. The van der Waals surface area contributed by atoms with Crippen LogP contribution < -0.4 is 10.1 Å². The van der Waals surface area contributed by atoms with Gasteiger partial charge in [0.1, 0.15) is 5.75 Å². The lowest BCUT2D eigenvalue weighted by Gasteiger charge is -2.17. The van der Waals surface area contributed by atoms with Gasteiger partial charge in [0, 0.05) is 29.8 Å². The number of Topliss-reactive ketones (excluding diaryl/α,β-unsaturated/α-hetero) is 1. The van der Waals surface area contributed by atoms with E-state index in [1.165, 1.54) is 11.8 Å². The predicted octanol–water partition coefficient (Wildman–Crippen LogP) is 3.99. The van der Waals surface area contributed by atoms with Crippen LogP contribution in [0.1, 0.15) is 35.2 Å². The molecule has 0 spiro atoms. The number of carbonyl (C=O) groups excluding carboxylic acids is 2. The van der Waals surface area contributed by atoms with Gasteiger partial charge in [-0.1, -0.05) is 11.8 Å². The van der Waals surface area contributed by atoms with Crippen LogP contribution in [0.4, 0.5) is 5.69 Å². The van der Waals surface area contributed by atoms with Gasteiger partial charge in [-0.3, -0.25) is 14.2 Å². The Morgan fingerprint density at radius 3 is 2.82 bits per heavy atom. The number of benzene rings is 2. The molecule has 9 heteroatoms. The maximum absolute atomic E-state index is 13.0. The molecule has 2 aromatic carbocycles. The molecule has 8 nitrogen and oxygen atoms in total. The van der Waals surface area contributed by atoms with Crippen LogP contribution in [0.3, 0.4) is 0 Å². The first-order chi connectivity index (χ1) is 16.6. The van der Waals surface area contributed by atoms with E-state index < -0.39 is 0 Å². The molecule has 1 N–H and O–H groups in total. The fourth-order valence-electron chi connectivity index (χ4n) is 4.28. The number of nitrogens with zero attached hydrogens (tertiary/aromatic N) is 3. The van der Waals surface area contributed by atoms with Gasteiger partial charge in [-0.15, -0.1) is 10.2 Å². The number of aryl methyl sites for hydroxylation is 1. The highest BCUT2D eigenvalue weighted by molar-refractivity contribution is 7.99. The molecule has 5 rings (SSSR count). The molecule has 176 valence electrons. The molecule has 0 unspecified atom stereocenters. The first-order valence-corrected chi connectivity index (χ1v) is 12.4. The summed E-state index contributed by atoms with van der Waals surface area (Å²) in [4.78, 5) is 24.6. The summed E-state index contributed by atoms with van der Waals surface area (Å²) in [5.41, 5.74) is 3.36. The van der Waals surface area contributed by atoms with Crippen LogP contribution in [-0.2, 0) is 22.5 Å². The van der Waals surface area contributed by atoms with Gasteiger partial charge in [0.25, 0.3) is 0 Å². The van der Waals surface area contributed by atoms with Crippen LogP contribution in [-0.4, -0.2) is 52.0 Å². The highest BCUT2D eigenvalue weighted by atomic mass is 32.2. The summed E-state index contributed by atoms with van der Waals surface area (Å²) in [5, 5.41) is 12.4. The standard InChI is InChI=1S/C25H26N4O4S/c1-32-19-8-4-16(5-9-19)24-27-28-25(29(24)14-20-3-2-12-33-20)34-15-22(30)18-6-10-21-17(13-18)7-11-23(31)26-21/h4-6,8-10,13,20H,2-3,7,11-12,14-15H2,1H3,(H,26,31)/t20-/m1/s1. The molecule has 0 bridgehead atoms. The number of ether oxygens (including phenoxy) is 2. The van der Waals surface area contributed by atoms with E-state index in [4.69, 9.17) is 9.47 Å². The average Bonchev–Trinajstić information content (AvgIpc) is 3.52. The van der Waals surface area contributed by atoms with Crippen molar-refractivity contribution in [2.45, 2.75) is 43.5 Å². The summed E-state index contributed by atoms with van der Waals surface area (Å²) in [7, 11) is 1.64. The van der Waals surface area contributed by atoms with Crippen LogP contribution in [0.5, 0.6) is 5.75 Å². The second-order valence-corrected chi connectivity index (χ2v) is 9.35. The Morgan fingerprint density at radius 2 is 2.06 bits per heavy atom. The van der Waals surface area contributed by atoms with Crippen molar-refractivity contribution < 1.29 is 19.1 Å². The fraction of sp³-hybridized carbons (Fsp3) is 0.360. The first kappa shape index (κ1) is 22.6. The summed E-state index contributed by atoms with van der Waals surface area (Å²) < 4.78 is 13.2. The normalized spacial score (nSPS) is 17.3. The Bertz CT molecular complexity index is 1200. The molecule has 0 saturated carbocycles. The monoisotopic (exact) mass is 478 g/mol. The highest BCUT2D eigenvalue weighted by Gasteiger charge is 2.23. The van der Waals surface area contributed by atoms with Crippen molar-refractivity contribution in [3.63, 3.8) is 0 Å². The Kier molecular flexibility index (Phi) is 6.64. The maximum Gasteiger partial charge on any atom is 0.224 e. The number of nitrogens with one attached hydrogen (secondary N) is 1. The van der Waals surface area contributed by atoms with E-state index in [2.05, 4.69) is 20.1 Å². The predicted molar refractivity (Wildman–Crippen MR) is 129 cm³/mol. The van der Waals surface area contributed by atoms with Crippen molar-refractivity contribution in [3.05, 3.63) is 53.6 Å². The van der Waals surface area contributed by atoms with Crippen LogP contribution in [0.25, 0.3) is 11.4 Å². The van der Waals surface area contributed by atoms with E-state index in [0.717, 1.165) is 47.8 Å². The van der Waals surface area contributed by atoms with Crippen LogP contribution in [0, 0.1) is 0 Å². The summed E-state index contributed by atoms with van der Waals surface area (Å²) in [5.74, 6) is 1.80. The van der Waals surface area contributed by atoms with Gasteiger partial charge in [-0.05, 0) is 67.3 Å². The molecular weight excluding hydrogens is 452 g/mol. The topological polar surface area (TPSA) is 95.3 Å². The lowest BCUT2D eigenvalue weighted by atomic mass is 9.99. The van der Waals surface area contributed by atoms with Crippen molar-refractivity contribution in [3.8, 4) is 17.1 Å². The Balaban J connectivity index is 1.35. The van der Waals surface area contributed by atoms with E-state index in [9.17, 15) is 9.59 Å². The number of carbonyl (C=O) groups is 2. The van der Waals surface area contributed by atoms with Crippen molar-refractivity contribution in [2.24, 2.45) is 0 Å². The van der Waals surface area contributed by atoms with E-state index >= 15 is 0 Å². The average molecular weight is 479 g/mol. The Hall–Kier alpha value is -3.17. The number of anilines is 1. The molecule has 1 aromatic heterocycles. The van der Waals surface area contributed by atoms with Gasteiger partial charge >= 0.3 is 0 Å². The zero-order chi connectivity index (χ0) is 23.5. The quantitative estimate of drug-likeness (QED) is 0.386. The van der Waals surface area contributed by atoms with Gasteiger partial charge in [-0.25, -0.2) is 0 Å². The number of hydrogen-bond acceptors (Lipinski definition) is 7. The molecule has 3 aromatic rings. The minimum Gasteiger partial charge on any atom is -0.497 e. The molecule has 1 amide bonds. The Labute approximate surface area is 202 Å². The third-order valence-electron chi connectivity index (χ3n) is 6.13. The number of thioether (sulfide) groups is 1. The van der Waals surface area contributed by atoms with E-state index in [1.54, 1.807) is 13.2 Å². The minimum atomic E-state index is 0.0142. The molecule has 0 radical (unpaired) electrons. The Morgan fingerprint density at radius 1 is 1.21 bits per heavy atom. The van der Waals surface area contributed by atoms with Crippen molar-refractivity contribution in [1.29, 1.82) is 0 Å². The van der Waals surface area contributed by atoms with Crippen LogP contribution >= 0.6 is 11.8 Å². The zero-order valence-corrected chi connectivity index (χ0v) is 19.8. The SMILES string of the molecule is COc1ccc(-c2nnc(SCC(=O)c3ccc4c(c3)CCC(=O)N4)n2C[C@H]2CCCO2)cc1. The van der Waals surface area contributed by atoms with E-state index in [1.807, 2.05) is 36.4 Å². The van der Waals surface area contributed by atoms with Crippen molar-refractivity contribution >= 4 is 29.1 Å². The first-order valence-electron chi connectivity index (χ1n) is 11.4. The molecule has 2 aliphatic rings. The van der Waals surface area contributed by atoms with Crippen molar-refractivity contribution in [2.75, 3.05) is 24.8 Å². The van der Waals surface area contributed by atoms with Gasteiger partial charge in [-0.2, -0.15) is 0 Å². The fourth-order valence-corrected chi connectivity index (χ4v) is 5.12. The summed E-state index contributed by atoms with van der Waals surface area (Å²) in [6, 6.07) is 13.2. The maximum atomic E-state index is 13.0. The van der Waals surface area contributed by atoms with E-state index in [0.29, 0.717) is 30.1 Å². The third-order valence-corrected chi connectivity index (χ3v) is 7.10. The number of hydrogen-bond donors (Lipinski definition) is 1. The number of amides is 1. The van der Waals surface area contributed by atoms with Crippen LogP contribution in [0.15, 0.2) is 47.6 Å². The smallest absolute Gasteiger partial charge is 0.224 e. The number of ketones is 1. The molecule has 34 heavy (non-hydrogen) atoms. The summed E-state index contributed by atoms with van der Waals surface area (Å²) >= 11 is 1.38. The molecule has 2 aliphatic heterocycles. The third kappa shape index (κ3) is 4.85. The molecule has 1 fully saturated rings. The van der Waals surface area contributed by atoms with Gasteiger partial charge in [0.15, 0.2) is 16.8 Å². The van der Waals surface area contributed by atoms with Gasteiger partial charge in [0.2, 0.25) is 5.91 Å². The van der Waals surface area contributed by atoms with Crippen molar-refractivity contribution in [1.82, 2.24) is 14.8 Å². The summed E-state index contributed by atoms with van der Waals surface area (Å²) in [6.07, 6.45) is 3.24. The lowest BCUT2D eigenvalue weighted by molar-refractivity contribution is -0.116. The highest BCUT2D eigenvalue weighted by Crippen LogP contribution is 2.29. The molecule has 3 heterocycles. The lowest BCUT2D eigenvalue weighted by Crippen LogP contribution is -2.19. The largest absolute Gasteiger partial charge is 0.497 e. The molecule has 1 atom stereocenters. The number of methoxy groups -OCH3 is 1.